The van der Waals surface area contributed by atoms with Gasteiger partial charge in [0.05, 0.1) is 12.5 Å². The molecule has 1 atom stereocenters. The van der Waals surface area contributed by atoms with Gasteiger partial charge in [-0.15, -0.1) is 0 Å². The van der Waals surface area contributed by atoms with Crippen LogP contribution < -0.4 is 0 Å². The summed E-state index contributed by atoms with van der Waals surface area (Å²) in [6.07, 6.45) is 0.164. The zero-order valence-corrected chi connectivity index (χ0v) is 7.32. The van der Waals surface area contributed by atoms with Crippen molar-refractivity contribution in [3.05, 3.63) is 0 Å². The van der Waals surface area contributed by atoms with E-state index in [0.717, 1.165) is 4.90 Å². The number of nitrogens with zero attached hydrogens (tertiary/aromatic N) is 2. The molecule has 70 valence electrons. The highest BCUT2D eigenvalue weighted by Gasteiger charge is 2.30. The fraction of sp³-hybridized carbons (Fsp3) is 0.625. The lowest BCUT2D eigenvalue weighted by atomic mass is 10.2. The maximum atomic E-state index is 11.2. The predicted molar refractivity (Wildman–Crippen MR) is 42.4 cm³/mol. The first-order chi connectivity index (χ1) is 6.16. The van der Waals surface area contributed by atoms with E-state index in [9.17, 15) is 9.59 Å². The number of morpholine rings is 1. The molecule has 1 fully saturated rings. The Labute approximate surface area is 75.9 Å². The number of hydrogen-bond donors (Lipinski definition) is 0. The fourth-order valence-electron chi connectivity index (χ4n) is 1.22. The number of rotatable bonds is 2. The van der Waals surface area contributed by atoms with Crippen molar-refractivity contribution in [1.29, 1.82) is 5.26 Å². The SMILES string of the molecule is CC(CC#N)N1C(=O)COCC1=O. The van der Waals surface area contributed by atoms with Gasteiger partial charge in [-0.3, -0.25) is 14.5 Å². The molecule has 2 amide bonds. The van der Waals surface area contributed by atoms with Crippen LogP contribution >= 0.6 is 0 Å². The molecule has 0 N–H and O–H groups in total. The van der Waals surface area contributed by atoms with E-state index in [1.165, 1.54) is 0 Å². The maximum absolute atomic E-state index is 11.2. The number of hydrogen-bond acceptors (Lipinski definition) is 4. The van der Waals surface area contributed by atoms with Crippen LogP contribution in [0.2, 0.25) is 0 Å². The van der Waals surface area contributed by atoms with Crippen molar-refractivity contribution in [1.82, 2.24) is 4.90 Å². The average Bonchev–Trinajstić information content (AvgIpc) is 2.04. The zero-order chi connectivity index (χ0) is 9.84. The molecule has 1 heterocycles. The molecule has 0 bridgehead atoms. The third-order valence-corrected chi connectivity index (χ3v) is 1.82. The van der Waals surface area contributed by atoms with E-state index in [4.69, 9.17) is 10.00 Å². The largest absolute Gasteiger partial charge is 0.362 e. The fourth-order valence-corrected chi connectivity index (χ4v) is 1.22. The Balaban J connectivity index is 2.69. The molecule has 1 aliphatic rings. The van der Waals surface area contributed by atoms with Crippen LogP contribution in [0.3, 0.4) is 0 Å². The Morgan fingerprint density at radius 2 is 2.08 bits per heavy atom. The first-order valence-electron chi connectivity index (χ1n) is 3.96. The maximum Gasteiger partial charge on any atom is 0.255 e. The van der Waals surface area contributed by atoms with E-state index in [1.807, 2.05) is 6.07 Å². The molecule has 0 saturated carbocycles. The van der Waals surface area contributed by atoms with Crippen molar-refractivity contribution in [2.24, 2.45) is 0 Å². The van der Waals surface area contributed by atoms with Gasteiger partial charge in [0.25, 0.3) is 11.8 Å². The van der Waals surface area contributed by atoms with Crippen molar-refractivity contribution in [3.8, 4) is 6.07 Å². The van der Waals surface area contributed by atoms with Crippen molar-refractivity contribution in [3.63, 3.8) is 0 Å². The molecule has 0 aromatic heterocycles. The number of imide groups is 1. The van der Waals surface area contributed by atoms with E-state index < -0.39 is 0 Å². The first kappa shape index (κ1) is 9.68. The second-order valence-corrected chi connectivity index (χ2v) is 2.86. The van der Waals surface area contributed by atoms with Gasteiger partial charge in [-0.1, -0.05) is 0 Å². The summed E-state index contributed by atoms with van der Waals surface area (Å²) in [7, 11) is 0. The van der Waals surface area contributed by atoms with Gasteiger partial charge in [-0.2, -0.15) is 5.26 Å². The summed E-state index contributed by atoms with van der Waals surface area (Å²) in [5.41, 5.74) is 0. The summed E-state index contributed by atoms with van der Waals surface area (Å²) in [6, 6.07) is 1.57. The molecule has 1 unspecified atom stereocenters. The minimum atomic E-state index is -0.362. The number of amides is 2. The summed E-state index contributed by atoms with van der Waals surface area (Å²) in [5, 5.41) is 8.41. The lowest BCUT2D eigenvalue weighted by Gasteiger charge is -2.29. The number of ether oxygens (including phenoxy) is 1. The third kappa shape index (κ3) is 2.04. The number of carbonyl (C=O) groups is 2. The molecular weight excluding hydrogens is 172 g/mol. The van der Waals surface area contributed by atoms with Crippen LogP contribution in [-0.4, -0.2) is 36.0 Å². The third-order valence-electron chi connectivity index (χ3n) is 1.82. The summed E-state index contributed by atoms with van der Waals surface area (Å²) in [5.74, 6) is -0.724. The lowest BCUT2D eigenvalue weighted by molar-refractivity contribution is -0.160. The van der Waals surface area contributed by atoms with Gasteiger partial charge in [0.2, 0.25) is 0 Å². The highest BCUT2D eigenvalue weighted by atomic mass is 16.5. The molecule has 0 aromatic rings. The van der Waals surface area contributed by atoms with E-state index in [-0.39, 0.29) is 37.5 Å². The minimum Gasteiger partial charge on any atom is -0.362 e. The van der Waals surface area contributed by atoms with E-state index in [1.54, 1.807) is 6.92 Å². The number of nitriles is 1. The second-order valence-electron chi connectivity index (χ2n) is 2.86. The lowest BCUT2D eigenvalue weighted by Crippen LogP contribution is -2.50. The Morgan fingerprint density at radius 1 is 1.54 bits per heavy atom. The van der Waals surface area contributed by atoms with Crippen molar-refractivity contribution < 1.29 is 14.3 Å². The number of carbonyl (C=O) groups excluding carboxylic acids is 2. The highest BCUT2D eigenvalue weighted by molar-refractivity contribution is 5.98. The van der Waals surface area contributed by atoms with Gasteiger partial charge in [0, 0.05) is 6.04 Å². The second kappa shape index (κ2) is 4.01. The van der Waals surface area contributed by atoms with Gasteiger partial charge in [0.1, 0.15) is 13.2 Å². The molecule has 1 aliphatic heterocycles. The van der Waals surface area contributed by atoms with Crippen molar-refractivity contribution in [2.75, 3.05) is 13.2 Å². The first-order valence-corrected chi connectivity index (χ1v) is 3.96. The van der Waals surface area contributed by atoms with Gasteiger partial charge in [-0.25, -0.2) is 0 Å². The normalized spacial score (nSPS) is 19.8. The van der Waals surface area contributed by atoms with Crippen LogP contribution in [0.25, 0.3) is 0 Å². The summed E-state index contributed by atoms with van der Waals surface area (Å²) < 4.78 is 4.73. The molecule has 5 nitrogen and oxygen atoms in total. The standard InChI is InChI=1S/C8H10N2O3/c1-6(2-3-9)10-7(11)4-13-5-8(10)12/h6H,2,4-5H2,1H3. The topological polar surface area (TPSA) is 70.4 Å². The molecular formula is C8H10N2O3. The quantitative estimate of drug-likeness (QED) is 0.548. The molecule has 0 aliphatic carbocycles. The van der Waals surface area contributed by atoms with Crippen molar-refractivity contribution in [2.45, 2.75) is 19.4 Å². The van der Waals surface area contributed by atoms with Crippen molar-refractivity contribution >= 4 is 11.8 Å². The summed E-state index contributed by atoms with van der Waals surface area (Å²) in [4.78, 5) is 23.5. The average molecular weight is 182 g/mol. The smallest absolute Gasteiger partial charge is 0.255 e. The van der Waals surface area contributed by atoms with Crippen LogP contribution in [0.15, 0.2) is 0 Å². The van der Waals surface area contributed by atoms with Crippen LogP contribution in [0.5, 0.6) is 0 Å². The van der Waals surface area contributed by atoms with E-state index in [0.29, 0.717) is 0 Å². The summed E-state index contributed by atoms with van der Waals surface area (Å²) in [6.45, 7) is 1.54. The highest BCUT2D eigenvalue weighted by Crippen LogP contribution is 2.08. The van der Waals surface area contributed by atoms with Crippen LogP contribution in [0.4, 0.5) is 0 Å². The van der Waals surface area contributed by atoms with Gasteiger partial charge in [0.15, 0.2) is 0 Å². The Bertz CT molecular complexity index is 253. The van der Waals surface area contributed by atoms with Gasteiger partial charge in [-0.05, 0) is 6.92 Å². The Morgan fingerprint density at radius 3 is 2.54 bits per heavy atom. The summed E-state index contributed by atoms with van der Waals surface area (Å²) >= 11 is 0. The molecule has 0 spiro atoms. The molecule has 5 heteroatoms. The van der Waals surface area contributed by atoms with Crippen LogP contribution in [0, 0.1) is 11.3 Å². The molecule has 1 rings (SSSR count). The molecule has 1 saturated heterocycles. The van der Waals surface area contributed by atoms with Gasteiger partial charge >= 0.3 is 0 Å². The Hall–Kier alpha value is -1.41. The molecule has 0 radical (unpaired) electrons. The van der Waals surface area contributed by atoms with Crippen LogP contribution in [-0.2, 0) is 14.3 Å². The minimum absolute atomic E-state index is 0.0679. The molecule has 13 heavy (non-hydrogen) atoms. The van der Waals surface area contributed by atoms with E-state index >= 15 is 0 Å². The zero-order valence-electron chi connectivity index (χ0n) is 7.32. The Kier molecular flexibility index (Phi) is 2.98. The molecule has 0 aromatic carbocycles. The van der Waals surface area contributed by atoms with Crippen LogP contribution in [0.1, 0.15) is 13.3 Å². The predicted octanol–water partition coefficient (Wildman–Crippen LogP) is -0.326. The monoisotopic (exact) mass is 182 g/mol. The van der Waals surface area contributed by atoms with Gasteiger partial charge < -0.3 is 4.74 Å². The van der Waals surface area contributed by atoms with E-state index in [2.05, 4.69) is 0 Å².